The molecule has 0 saturated heterocycles. The third kappa shape index (κ3) is 4.02. The SMILES string of the molecule is CCOC(=O)c1ccc(-c2ccc(C)cc2)n1Cc1ccc(Br)cc1. The van der Waals surface area contributed by atoms with Crippen molar-refractivity contribution >= 4 is 21.9 Å². The van der Waals surface area contributed by atoms with Crippen LogP contribution >= 0.6 is 15.9 Å². The minimum atomic E-state index is -0.294. The lowest BCUT2D eigenvalue weighted by atomic mass is 10.1. The Morgan fingerprint density at radius 2 is 1.68 bits per heavy atom. The van der Waals surface area contributed by atoms with Crippen molar-refractivity contribution in [1.82, 2.24) is 4.57 Å². The smallest absolute Gasteiger partial charge is 0.354 e. The number of nitrogens with zero attached hydrogens (tertiary/aromatic N) is 1. The zero-order valence-electron chi connectivity index (χ0n) is 14.3. The van der Waals surface area contributed by atoms with E-state index in [0.717, 1.165) is 21.3 Å². The van der Waals surface area contributed by atoms with Gasteiger partial charge in [-0.05, 0) is 49.2 Å². The first kappa shape index (κ1) is 17.5. The van der Waals surface area contributed by atoms with E-state index < -0.39 is 0 Å². The Balaban J connectivity index is 2.04. The maximum absolute atomic E-state index is 12.4. The van der Waals surface area contributed by atoms with E-state index in [-0.39, 0.29) is 5.97 Å². The van der Waals surface area contributed by atoms with Crippen LogP contribution in [0.2, 0.25) is 0 Å². The van der Waals surface area contributed by atoms with E-state index in [9.17, 15) is 4.79 Å². The van der Waals surface area contributed by atoms with Crippen molar-refractivity contribution in [2.24, 2.45) is 0 Å². The number of ether oxygens (including phenoxy) is 1. The summed E-state index contributed by atoms with van der Waals surface area (Å²) in [5.41, 5.74) is 4.99. The number of benzene rings is 2. The van der Waals surface area contributed by atoms with Gasteiger partial charge in [0.25, 0.3) is 0 Å². The van der Waals surface area contributed by atoms with Crippen molar-refractivity contribution in [3.63, 3.8) is 0 Å². The maximum Gasteiger partial charge on any atom is 0.354 e. The fourth-order valence-corrected chi connectivity index (χ4v) is 3.03. The monoisotopic (exact) mass is 397 g/mol. The van der Waals surface area contributed by atoms with E-state index in [1.807, 2.05) is 35.8 Å². The van der Waals surface area contributed by atoms with Crippen LogP contribution in [-0.2, 0) is 11.3 Å². The fraction of sp³-hybridized carbons (Fsp3) is 0.190. The molecule has 0 saturated carbocycles. The Labute approximate surface area is 156 Å². The van der Waals surface area contributed by atoms with Crippen LogP contribution in [0.25, 0.3) is 11.3 Å². The van der Waals surface area contributed by atoms with Crippen molar-refractivity contribution in [2.75, 3.05) is 6.61 Å². The highest BCUT2D eigenvalue weighted by atomic mass is 79.9. The van der Waals surface area contributed by atoms with Gasteiger partial charge in [0.2, 0.25) is 0 Å². The summed E-state index contributed by atoms with van der Waals surface area (Å²) < 4.78 is 8.28. The highest BCUT2D eigenvalue weighted by Gasteiger charge is 2.17. The molecule has 0 aliphatic rings. The Bertz CT molecular complexity index is 864. The number of hydrogen-bond acceptors (Lipinski definition) is 2. The Morgan fingerprint density at radius 3 is 2.32 bits per heavy atom. The van der Waals surface area contributed by atoms with E-state index in [1.165, 1.54) is 5.56 Å². The van der Waals surface area contributed by atoms with Gasteiger partial charge in [0, 0.05) is 16.7 Å². The van der Waals surface area contributed by atoms with Crippen LogP contribution in [0.3, 0.4) is 0 Å². The Kier molecular flexibility index (Phi) is 5.39. The molecule has 0 atom stereocenters. The summed E-state index contributed by atoms with van der Waals surface area (Å²) in [6.07, 6.45) is 0. The molecule has 2 aromatic carbocycles. The second-order valence-electron chi connectivity index (χ2n) is 5.90. The molecule has 0 unspecified atom stereocenters. The normalized spacial score (nSPS) is 10.7. The maximum atomic E-state index is 12.4. The van der Waals surface area contributed by atoms with Crippen LogP contribution in [-0.4, -0.2) is 17.1 Å². The molecule has 1 aromatic heterocycles. The van der Waals surface area contributed by atoms with Gasteiger partial charge in [-0.25, -0.2) is 4.79 Å². The molecular weight excluding hydrogens is 378 g/mol. The molecule has 0 fully saturated rings. The molecule has 0 aliphatic carbocycles. The van der Waals surface area contributed by atoms with E-state index in [1.54, 1.807) is 0 Å². The van der Waals surface area contributed by atoms with Crippen molar-refractivity contribution < 1.29 is 9.53 Å². The summed E-state index contributed by atoms with van der Waals surface area (Å²) >= 11 is 3.46. The molecule has 0 N–H and O–H groups in total. The standard InChI is InChI=1S/C21H20BrNO2/c1-3-25-21(24)20-13-12-19(17-8-4-15(2)5-9-17)23(20)14-16-6-10-18(22)11-7-16/h4-13H,3,14H2,1-2H3. The van der Waals surface area contributed by atoms with E-state index in [0.29, 0.717) is 18.8 Å². The van der Waals surface area contributed by atoms with Gasteiger partial charge in [-0.2, -0.15) is 0 Å². The lowest BCUT2D eigenvalue weighted by Crippen LogP contribution is -2.13. The van der Waals surface area contributed by atoms with E-state index in [4.69, 9.17) is 4.74 Å². The van der Waals surface area contributed by atoms with Crippen LogP contribution in [0, 0.1) is 6.92 Å². The van der Waals surface area contributed by atoms with Crippen LogP contribution in [0.1, 0.15) is 28.5 Å². The van der Waals surface area contributed by atoms with Crippen LogP contribution in [0.5, 0.6) is 0 Å². The summed E-state index contributed by atoms with van der Waals surface area (Å²) in [4.78, 5) is 12.4. The molecule has 128 valence electrons. The largest absolute Gasteiger partial charge is 0.461 e. The first-order valence-corrected chi connectivity index (χ1v) is 9.06. The second-order valence-corrected chi connectivity index (χ2v) is 6.82. The summed E-state index contributed by atoms with van der Waals surface area (Å²) in [5.74, 6) is -0.294. The number of esters is 1. The van der Waals surface area contributed by atoms with Gasteiger partial charge in [0.05, 0.1) is 6.61 Å². The van der Waals surface area contributed by atoms with Gasteiger partial charge in [-0.15, -0.1) is 0 Å². The van der Waals surface area contributed by atoms with Crippen molar-refractivity contribution in [2.45, 2.75) is 20.4 Å². The number of carbonyl (C=O) groups excluding carboxylic acids is 1. The molecular formula is C21H20BrNO2. The molecule has 3 nitrogen and oxygen atoms in total. The molecule has 4 heteroatoms. The molecule has 3 aromatic rings. The Morgan fingerprint density at radius 1 is 1.00 bits per heavy atom. The van der Waals surface area contributed by atoms with E-state index >= 15 is 0 Å². The minimum absolute atomic E-state index is 0.294. The summed E-state index contributed by atoms with van der Waals surface area (Å²) in [7, 11) is 0. The molecule has 0 radical (unpaired) electrons. The van der Waals surface area contributed by atoms with Gasteiger partial charge in [0.15, 0.2) is 0 Å². The summed E-state index contributed by atoms with van der Waals surface area (Å²) in [5, 5.41) is 0. The lowest BCUT2D eigenvalue weighted by Gasteiger charge is -2.14. The quantitative estimate of drug-likeness (QED) is 0.535. The Hall–Kier alpha value is -2.33. The van der Waals surface area contributed by atoms with Crippen molar-refractivity contribution in [1.29, 1.82) is 0 Å². The fourth-order valence-electron chi connectivity index (χ4n) is 2.77. The van der Waals surface area contributed by atoms with Gasteiger partial charge in [-0.3, -0.25) is 0 Å². The van der Waals surface area contributed by atoms with Gasteiger partial charge < -0.3 is 9.30 Å². The van der Waals surface area contributed by atoms with Crippen LogP contribution in [0.15, 0.2) is 65.1 Å². The molecule has 0 amide bonds. The molecule has 25 heavy (non-hydrogen) atoms. The first-order valence-electron chi connectivity index (χ1n) is 8.26. The van der Waals surface area contributed by atoms with Gasteiger partial charge in [-0.1, -0.05) is 57.9 Å². The highest BCUT2D eigenvalue weighted by Crippen LogP contribution is 2.25. The summed E-state index contributed by atoms with van der Waals surface area (Å²) in [6, 6.07) is 20.3. The third-order valence-corrected chi connectivity index (χ3v) is 4.60. The first-order chi connectivity index (χ1) is 12.1. The molecule has 0 aliphatic heterocycles. The lowest BCUT2D eigenvalue weighted by molar-refractivity contribution is 0.0514. The van der Waals surface area contributed by atoms with Crippen LogP contribution < -0.4 is 0 Å². The number of carbonyl (C=O) groups is 1. The van der Waals surface area contributed by atoms with Gasteiger partial charge in [0.1, 0.15) is 5.69 Å². The molecule has 0 spiro atoms. The van der Waals surface area contributed by atoms with Gasteiger partial charge >= 0.3 is 5.97 Å². The number of halogens is 1. The topological polar surface area (TPSA) is 31.2 Å². The number of aryl methyl sites for hydroxylation is 1. The number of aromatic nitrogens is 1. The number of hydrogen-bond donors (Lipinski definition) is 0. The molecule has 1 heterocycles. The minimum Gasteiger partial charge on any atom is -0.461 e. The third-order valence-electron chi connectivity index (χ3n) is 4.07. The second kappa shape index (κ2) is 7.70. The van der Waals surface area contributed by atoms with E-state index in [2.05, 4.69) is 59.3 Å². The molecule has 3 rings (SSSR count). The summed E-state index contributed by atoms with van der Waals surface area (Å²) in [6.45, 7) is 4.86. The van der Waals surface area contributed by atoms with Crippen molar-refractivity contribution in [3.05, 3.63) is 82.0 Å². The van der Waals surface area contributed by atoms with Crippen molar-refractivity contribution in [3.8, 4) is 11.3 Å². The number of rotatable bonds is 5. The highest BCUT2D eigenvalue weighted by molar-refractivity contribution is 9.10. The average molecular weight is 398 g/mol. The predicted octanol–water partition coefficient (Wildman–Crippen LogP) is 5.45. The predicted molar refractivity (Wildman–Crippen MR) is 104 cm³/mol. The van der Waals surface area contributed by atoms with Crippen LogP contribution in [0.4, 0.5) is 0 Å². The average Bonchev–Trinajstić information content (AvgIpc) is 3.01. The zero-order chi connectivity index (χ0) is 17.8. The zero-order valence-corrected chi connectivity index (χ0v) is 15.9. The molecule has 0 bridgehead atoms.